The van der Waals surface area contributed by atoms with Gasteiger partial charge in [0.2, 0.25) is 0 Å². The van der Waals surface area contributed by atoms with Gasteiger partial charge >= 0.3 is 5.51 Å². The van der Waals surface area contributed by atoms with E-state index < -0.39 is 5.51 Å². The van der Waals surface area contributed by atoms with Gasteiger partial charge in [-0.25, -0.2) is 0 Å². The smallest absolute Gasteiger partial charge is 0.379 e. The largest absolute Gasteiger partial charge is 0.446 e. The van der Waals surface area contributed by atoms with E-state index >= 15 is 0 Å². The molecule has 0 unspecified atom stereocenters. The second-order valence-electron chi connectivity index (χ2n) is 6.11. The third kappa shape index (κ3) is 6.27. The molecule has 1 fully saturated rings. The maximum Gasteiger partial charge on any atom is 0.446 e. The van der Waals surface area contributed by atoms with Crippen LogP contribution in [0.25, 0.3) is 0 Å². The van der Waals surface area contributed by atoms with Crippen molar-refractivity contribution in [3.63, 3.8) is 0 Å². The standard InChI is InChI=1S/C19H19F3N2O2S/c20-19(21,22)27-17-7-3-15(4-8-17)18(25)23-16-5-1-14(2-6-16)13-24-9-11-26-12-10-24/h1-8H,9-13H2,(H,23,25). The molecule has 0 atom stereocenters. The Morgan fingerprint density at radius 3 is 2.26 bits per heavy atom. The number of hydrogen-bond acceptors (Lipinski definition) is 4. The van der Waals surface area contributed by atoms with E-state index in [1.807, 2.05) is 24.3 Å². The summed E-state index contributed by atoms with van der Waals surface area (Å²) in [5, 5.41) is 2.76. The second-order valence-corrected chi connectivity index (χ2v) is 7.25. The third-order valence-corrected chi connectivity index (χ3v) is 4.81. The number of amides is 1. The molecule has 2 aromatic carbocycles. The molecule has 0 aromatic heterocycles. The summed E-state index contributed by atoms with van der Waals surface area (Å²) >= 11 is -0.203. The van der Waals surface area contributed by atoms with Crippen LogP contribution < -0.4 is 5.32 Å². The van der Waals surface area contributed by atoms with E-state index in [0.29, 0.717) is 11.3 Å². The molecule has 0 bridgehead atoms. The molecule has 0 saturated carbocycles. The number of alkyl halides is 3. The Morgan fingerprint density at radius 2 is 1.67 bits per heavy atom. The Bertz CT molecular complexity index is 758. The zero-order valence-corrected chi connectivity index (χ0v) is 15.3. The second kappa shape index (κ2) is 8.77. The maximum absolute atomic E-state index is 12.3. The van der Waals surface area contributed by atoms with Crippen molar-refractivity contribution in [1.29, 1.82) is 0 Å². The first-order valence-corrected chi connectivity index (χ1v) is 9.27. The van der Waals surface area contributed by atoms with E-state index in [4.69, 9.17) is 4.74 Å². The number of ether oxygens (including phenoxy) is 1. The molecule has 1 N–H and O–H groups in total. The van der Waals surface area contributed by atoms with Crippen molar-refractivity contribution in [3.05, 3.63) is 59.7 Å². The summed E-state index contributed by atoms with van der Waals surface area (Å²) in [6.45, 7) is 4.13. The number of nitrogens with zero attached hydrogens (tertiary/aromatic N) is 1. The normalized spacial score (nSPS) is 15.5. The molecule has 1 aliphatic heterocycles. The first-order valence-electron chi connectivity index (χ1n) is 8.45. The molecule has 0 aliphatic carbocycles. The van der Waals surface area contributed by atoms with Gasteiger partial charge in [-0.3, -0.25) is 9.69 Å². The highest BCUT2D eigenvalue weighted by Gasteiger charge is 2.29. The van der Waals surface area contributed by atoms with Gasteiger partial charge in [0.05, 0.1) is 13.2 Å². The Hall–Kier alpha value is -2.03. The molecule has 4 nitrogen and oxygen atoms in total. The van der Waals surface area contributed by atoms with Crippen LogP contribution in [0.15, 0.2) is 53.4 Å². The number of morpholine rings is 1. The lowest BCUT2D eigenvalue weighted by atomic mass is 10.1. The van der Waals surface area contributed by atoms with Gasteiger partial charge in [0, 0.05) is 35.8 Å². The quantitative estimate of drug-likeness (QED) is 0.762. The molecule has 2 aromatic rings. The minimum atomic E-state index is -4.34. The number of benzene rings is 2. The molecule has 3 rings (SSSR count). The highest BCUT2D eigenvalue weighted by molar-refractivity contribution is 8.00. The van der Waals surface area contributed by atoms with Gasteiger partial charge in [-0.1, -0.05) is 12.1 Å². The molecule has 8 heteroatoms. The van der Waals surface area contributed by atoms with E-state index in [1.54, 1.807) is 0 Å². The first kappa shape index (κ1) is 19.7. The molecular weight excluding hydrogens is 377 g/mol. The Morgan fingerprint density at radius 1 is 1.04 bits per heavy atom. The minimum Gasteiger partial charge on any atom is -0.379 e. The highest BCUT2D eigenvalue weighted by atomic mass is 32.2. The van der Waals surface area contributed by atoms with E-state index in [-0.39, 0.29) is 22.6 Å². The fourth-order valence-electron chi connectivity index (χ4n) is 2.72. The van der Waals surface area contributed by atoms with Gasteiger partial charge in [0.1, 0.15) is 0 Å². The fourth-order valence-corrected chi connectivity index (χ4v) is 3.26. The van der Waals surface area contributed by atoms with E-state index in [2.05, 4.69) is 10.2 Å². The summed E-state index contributed by atoms with van der Waals surface area (Å²) in [6, 6.07) is 12.9. The van der Waals surface area contributed by atoms with E-state index in [1.165, 1.54) is 24.3 Å². The number of thioether (sulfide) groups is 1. The van der Waals surface area contributed by atoms with E-state index in [9.17, 15) is 18.0 Å². The number of nitrogens with one attached hydrogen (secondary N) is 1. The van der Waals surface area contributed by atoms with Crippen LogP contribution in [0.1, 0.15) is 15.9 Å². The first-order chi connectivity index (χ1) is 12.9. The van der Waals surface area contributed by atoms with Crippen LogP contribution >= 0.6 is 11.8 Å². The number of rotatable bonds is 5. The number of halogens is 3. The van der Waals surface area contributed by atoms with Crippen molar-refractivity contribution in [2.75, 3.05) is 31.6 Å². The maximum atomic E-state index is 12.3. The molecular formula is C19H19F3N2O2S. The van der Waals surface area contributed by atoms with Crippen molar-refractivity contribution in [2.45, 2.75) is 16.9 Å². The lowest BCUT2D eigenvalue weighted by Crippen LogP contribution is -2.35. The van der Waals surface area contributed by atoms with Crippen LogP contribution in [0.5, 0.6) is 0 Å². The molecule has 27 heavy (non-hydrogen) atoms. The van der Waals surface area contributed by atoms with Crippen molar-refractivity contribution < 1.29 is 22.7 Å². The molecule has 144 valence electrons. The van der Waals surface area contributed by atoms with Gasteiger partial charge in [0.15, 0.2) is 0 Å². The van der Waals surface area contributed by atoms with Crippen LogP contribution in [0.4, 0.5) is 18.9 Å². The lowest BCUT2D eigenvalue weighted by Gasteiger charge is -2.26. The van der Waals surface area contributed by atoms with Crippen LogP contribution in [-0.2, 0) is 11.3 Å². The predicted octanol–water partition coefficient (Wildman–Crippen LogP) is 4.38. The van der Waals surface area contributed by atoms with Gasteiger partial charge in [-0.15, -0.1) is 0 Å². The zero-order chi connectivity index (χ0) is 19.3. The highest BCUT2D eigenvalue weighted by Crippen LogP contribution is 2.36. The molecule has 1 aliphatic rings. The van der Waals surface area contributed by atoms with Gasteiger partial charge in [0.25, 0.3) is 5.91 Å². The zero-order valence-electron chi connectivity index (χ0n) is 14.5. The number of carbonyl (C=O) groups is 1. The molecule has 1 amide bonds. The third-order valence-electron chi connectivity index (χ3n) is 4.07. The van der Waals surface area contributed by atoms with Gasteiger partial charge in [-0.05, 0) is 53.7 Å². The number of carbonyl (C=O) groups excluding carboxylic acids is 1. The topological polar surface area (TPSA) is 41.6 Å². The number of anilines is 1. The van der Waals surface area contributed by atoms with Crippen molar-refractivity contribution in [3.8, 4) is 0 Å². The number of hydrogen-bond donors (Lipinski definition) is 1. The predicted molar refractivity (Wildman–Crippen MR) is 98.8 cm³/mol. The summed E-state index contributed by atoms with van der Waals surface area (Å²) in [5.74, 6) is -0.362. The average molecular weight is 396 g/mol. The Balaban J connectivity index is 1.55. The average Bonchev–Trinajstić information content (AvgIpc) is 2.63. The monoisotopic (exact) mass is 396 g/mol. The lowest BCUT2D eigenvalue weighted by molar-refractivity contribution is -0.0328. The summed E-state index contributed by atoms with van der Waals surface area (Å²) < 4.78 is 42.4. The summed E-state index contributed by atoms with van der Waals surface area (Å²) in [7, 11) is 0. The summed E-state index contributed by atoms with van der Waals surface area (Å²) in [6.07, 6.45) is 0. The molecule has 1 heterocycles. The minimum absolute atomic E-state index is 0.0477. The van der Waals surface area contributed by atoms with Crippen LogP contribution in [0.3, 0.4) is 0 Å². The Labute approximate surface area is 159 Å². The summed E-state index contributed by atoms with van der Waals surface area (Å²) in [5.41, 5.74) is -2.26. The van der Waals surface area contributed by atoms with E-state index in [0.717, 1.165) is 38.4 Å². The Kier molecular flexibility index (Phi) is 6.41. The molecule has 0 radical (unpaired) electrons. The SMILES string of the molecule is O=C(Nc1ccc(CN2CCOCC2)cc1)c1ccc(SC(F)(F)F)cc1. The molecule has 1 saturated heterocycles. The molecule has 0 spiro atoms. The van der Waals surface area contributed by atoms with Crippen molar-refractivity contribution in [2.24, 2.45) is 0 Å². The van der Waals surface area contributed by atoms with Gasteiger partial charge in [-0.2, -0.15) is 13.2 Å². The van der Waals surface area contributed by atoms with Crippen molar-refractivity contribution >= 4 is 23.4 Å². The van der Waals surface area contributed by atoms with Crippen LogP contribution in [0.2, 0.25) is 0 Å². The fraction of sp³-hybridized carbons (Fsp3) is 0.316. The van der Waals surface area contributed by atoms with Gasteiger partial charge < -0.3 is 10.1 Å². The van der Waals surface area contributed by atoms with Crippen LogP contribution in [-0.4, -0.2) is 42.6 Å². The van der Waals surface area contributed by atoms with Crippen LogP contribution in [0, 0.1) is 0 Å². The van der Waals surface area contributed by atoms with Crippen molar-refractivity contribution in [1.82, 2.24) is 4.90 Å². The summed E-state index contributed by atoms with van der Waals surface area (Å²) in [4.78, 5) is 14.6.